The van der Waals surface area contributed by atoms with Gasteiger partial charge in [0.2, 0.25) is 0 Å². The first-order valence-electron chi connectivity index (χ1n) is 3.30. The zero-order valence-electron chi connectivity index (χ0n) is 6.52. The van der Waals surface area contributed by atoms with E-state index in [0.717, 1.165) is 18.3 Å². The van der Waals surface area contributed by atoms with Crippen molar-refractivity contribution >= 4 is 38.9 Å². The number of hydrogen-bond acceptors (Lipinski definition) is 2. The Labute approximate surface area is 91.5 Å². The molecule has 0 bridgehead atoms. The Kier molecular flexibility index (Phi) is 3.02. The second kappa shape index (κ2) is 3.46. The molecule has 1 rings (SSSR count). The Balaban J connectivity index is 3.07. The lowest BCUT2D eigenvalue weighted by Crippen LogP contribution is -2.36. The number of aliphatic hydroxyl groups is 1. The SMILES string of the molecule is CC(O)(c1ccc(Cl)s1)C(F)(F)Br. The molecule has 1 N–H and O–H groups in total. The third kappa shape index (κ3) is 2.21. The molecular formula is C7H6BrClF2OS. The van der Waals surface area contributed by atoms with Crippen LogP contribution in [-0.2, 0) is 5.60 Å². The van der Waals surface area contributed by atoms with E-state index in [4.69, 9.17) is 11.6 Å². The van der Waals surface area contributed by atoms with Gasteiger partial charge in [0.25, 0.3) is 0 Å². The zero-order chi connectivity index (χ0) is 10.3. The maximum atomic E-state index is 12.8. The van der Waals surface area contributed by atoms with Gasteiger partial charge in [-0.1, -0.05) is 11.6 Å². The summed E-state index contributed by atoms with van der Waals surface area (Å²) in [7, 11) is 0. The van der Waals surface area contributed by atoms with Crippen molar-refractivity contribution in [3.05, 3.63) is 21.3 Å². The van der Waals surface area contributed by atoms with Crippen molar-refractivity contribution in [1.29, 1.82) is 0 Å². The van der Waals surface area contributed by atoms with Crippen molar-refractivity contribution in [2.75, 3.05) is 0 Å². The smallest absolute Gasteiger partial charge is 0.334 e. The molecule has 74 valence electrons. The molecule has 13 heavy (non-hydrogen) atoms. The first-order chi connectivity index (χ1) is 5.75. The number of alkyl halides is 3. The van der Waals surface area contributed by atoms with Crippen molar-refractivity contribution in [3.8, 4) is 0 Å². The van der Waals surface area contributed by atoms with Gasteiger partial charge in [-0.3, -0.25) is 0 Å². The van der Waals surface area contributed by atoms with E-state index >= 15 is 0 Å². The van der Waals surface area contributed by atoms with Crippen LogP contribution in [0.15, 0.2) is 12.1 Å². The van der Waals surface area contributed by atoms with Crippen molar-refractivity contribution in [2.24, 2.45) is 0 Å². The first kappa shape index (κ1) is 11.4. The Hall–Kier alpha value is 0.290. The van der Waals surface area contributed by atoms with Crippen LogP contribution in [0, 0.1) is 0 Å². The average Bonchev–Trinajstić information content (AvgIpc) is 2.33. The van der Waals surface area contributed by atoms with Crippen LogP contribution in [0.5, 0.6) is 0 Å². The van der Waals surface area contributed by atoms with Crippen LogP contribution in [0.1, 0.15) is 11.8 Å². The van der Waals surface area contributed by atoms with Gasteiger partial charge in [-0.2, -0.15) is 8.78 Å². The predicted octanol–water partition coefficient (Wildman–Crippen LogP) is 3.60. The van der Waals surface area contributed by atoms with Crippen molar-refractivity contribution in [2.45, 2.75) is 17.4 Å². The fourth-order valence-corrected chi connectivity index (χ4v) is 2.18. The number of thiophene rings is 1. The molecule has 1 heterocycles. The standard InChI is InChI=1S/C7H6BrClF2OS/c1-6(12,7(8,10)11)4-2-3-5(9)13-4/h2-3,12H,1H3. The molecule has 6 heteroatoms. The average molecular weight is 292 g/mol. The van der Waals surface area contributed by atoms with Crippen LogP contribution >= 0.6 is 38.9 Å². The van der Waals surface area contributed by atoms with Gasteiger partial charge in [0.15, 0.2) is 5.60 Å². The summed E-state index contributed by atoms with van der Waals surface area (Å²) in [6.07, 6.45) is 0. The summed E-state index contributed by atoms with van der Waals surface area (Å²) in [6, 6.07) is 2.84. The van der Waals surface area contributed by atoms with Crippen molar-refractivity contribution in [3.63, 3.8) is 0 Å². The Bertz CT molecular complexity index is 308. The summed E-state index contributed by atoms with van der Waals surface area (Å²) in [4.78, 5) is -3.24. The molecule has 0 spiro atoms. The van der Waals surface area contributed by atoms with E-state index in [1.54, 1.807) is 0 Å². The summed E-state index contributed by atoms with van der Waals surface area (Å²) in [5.74, 6) is 0. The summed E-state index contributed by atoms with van der Waals surface area (Å²) < 4.78 is 26.0. The van der Waals surface area contributed by atoms with E-state index in [9.17, 15) is 13.9 Å². The molecule has 0 amide bonds. The third-order valence-electron chi connectivity index (χ3n) is 1.60. The largest absolute Gasteiger partial charge is 0.377 e. The number of hydrogen-bond donors (Lipinski definition) is 1. The highest BCUT2D eigenvalue weighted by Gasteiger charge is 2.49. The van der Waals surface area contributed by atoms with E-state index in [2.05, 4.69) is 15.9 Å². The van der Waals surface area contributed by atoms with Gasteiger partial charge in [-0.15, -0.1) is 11.3 Å². The Morgan fingerprint density at radius 2 is 2.08 bits per heavy atom. The minimum atomic E-state index is -3.37. The van der Waals surface area contributed by atoms with E-state index in [1.807, 2.05) is 0 Å². The predicted molar refractivity (Wildman–Crippen MR) is 52.8 cm³/mol. The summed E-state index contributed by atoms with van der Waals surface area (Å²) >= 11 is 8.62. The Morgan fingerprint density at radius 1 is 1.54 bits per heavy atom. The van der Waals surface area contributed by atoms with Gasteiger partial charge in [0.05, 0.1) is 4.34 Å². The van der Waals surface area contributed by atoms with Gasteiger partial charge >= 0.3 is 4.83 Å². The molecule has 0 aromatic carbocycles. The molecule has 1 aromatic rings. The first-order valence-corrected chi connectivity index (χ1v) is 5.29. The topological polar surface area (TPSA) is 20.2 Å². The van der Waals surface area contributed by atoms with Gasteiger partial charge in [-0.25, -0.2) is 0 Å². The maximum Gasteiger partial charge on any atom is 0.334 e. The number of rotatable bonds is 2. The lowest BCUT2D eigenvalue weighted by atomic mass is 10.1. The van der Waals surface area contributed by atoms with Crippen LogP contribution in [0.2, 0.25) is 4.34 Å². The number of halogens is 4. The molecule has 0 saturated carbocycles. The molecule has 0 radical (unpaired) electrons. The molecule has 0 saturated heterocycles. The molecule has 0 aliphatic heterocycles. The van der Waals surface area contributed by atoms with E-state index in [-0.39, 0.29) is 4.88 Å². The minimum absolute atomic E-state index is 0.124. The van der Waals surface area contributed by atoms with Crippen LogP contribution in [0.3, 0.4) is 0 Å². The van der Waals surface area contributed by atoms with Gasteiger partial charge in [0, 0.05) is 4.88 Å². The summed E-state index contributed by atoms with van der Waals surface area (Å²) in [6.45, 7) is 1.03. The maximum absolute atomic E-state index is 12.8. The molecule has 1 unspecified atom stereocenters. The van der Waals surface area contributed by atoms with E-state index < -0.39 is 10.4 Å². The Morgan fingerprint density at radius 3 is 2.38 bits per heavy atom. The normalized spacial score (nSPS) is 17.1. The van der Waals surface area contributed by atoms with Gasteiger partial charge in [-0.05, 0) is 35.0 Å². The highest BCUT2D eigenvalue weighted by molar-refractivity contribution is 9.10. The van der Waals surface area contributed by atoms with Crippen molar-refractivity contribution < 1.29 is 13.9 Å². The van der Waals surface area contributed by atoms with Gasteiger partial charge in [0.1, 0.15) is 0 Å². The zero-order valence-corrected chi connectivity index (χ0v) is 9.68. The van der Waals surface area contributed by atoms with E-state index in [1.165, 1.54) is 12.1 Å². The third-order valence-corrected chi connectivity index (χ3v) is 3.82. The molecular weight excluding hydrogens is 285 g/mol. The lowest BCUT2D eigenvalue weighted by molar-refractivity contribution is -0.106. The summed E-state index contributed by atoms with van der Waals surface area (Å²) in [5.41, 5.74) is -2.23. The molecule has 1 nitrogen and oxygen atoms in total. The monoisotopic (exact) mass is 290 g/mol. The molecule has 0 aliphatic carbocycles. The van der Waals surface area contributed by atoms with Crippen LogP contribution in [0.4, 0.5) is 8.78 Å². The second-order valence-corrected chi connectivity index (χ2v) is 5.38. The van der Waals surface area contributed by atoms with Gasteiger partial charge < -0.3 is 5.11 Å². The minimum Gasteiger partial charge on any atom is -0.377 e. The van der Waals surface area contributed by atoms with Crippen LogP contribution < -0.4 is 0 Å². The van der Waals surface area contributed by atoms with Crippen LogP contribution in [-0.4, -0.2) is 9.94 Å². The quantitative estimate of drug-likeness (QED) is 0.826. The highest BCUT2D eigenvalue weighted by Crippen LogP contribution is 2.44. The van der Waals surface area contributed by atoms with Crippen LogP contribution in [0.25, 0.3) is 0 Å². The second-order valence-electron chi connectivity index (χ2n) is 2.67. The lowest BCUT2D eigenvalue weighted by Gasteiger charge is -2.26. The van der Waals surface area contributed by atoms with E-state index in [0.29, 0.717) is 4.34 Å². The molecule has 1 atom stereocenters. The fourth-order valence-electron chi connectivity index (χ4n) is 0.716. The van der Waals surface area contributed by atoms with Crippen molar-refractivity contribution in [1.82, 2.24) is 0 Å². The molecule has 1 aromatic heterocycles. The molecule has 0 aliphatic rings. The highest BCUT2D eigenvalue weighted by atomic mass is 79.9. The molecule has 0 fully saturated rings. The fraction of sp³-hybridized carbons (Fsp3) is 0.429. The summed E-state index contributed by atoms with van der Waals surface area (Å²) in [5, 5.41) is 9.49.